The van der Waals surface area contributed by atoms with Crippen molar-refractivity contribution in [3.8, 4) is 0 Å². The van der Waals surface area contributed by atoms with E-state index < -0.39 is 0 Å². The van der Waals surface area contributed by atoms with Gasteiger partial charge in [0.25, 0.3) is 0 Å². The fourth-order valence-electron chi connectivity index (χ4n) is 2.44. The lowest BCUT2D eigenvalue weighted by atomic mass is 9.94. The summed E-state index contributed by atoms with van der Waals surface area (Å²) in [4.78, 5) is 4.45. The maximum absolute atomic E-state index is 4.45. The number of hydrogen-bond acceptors (Lipinski definition) is 3. The lowest BCUT2D eigenvalue weighted by Gasteiger charge is -2.25. The smallest absolute Gasteiger partial charge is 0.0928 e. The molecule has 1 unspecified atom stereocenters. The van der Waals surface area contributed by atoms with Crippen LogP contribution in [0.4, 0.5) is 0 Å². The molecule has 0 fully saturated rings. The maximum Gasteiger partial charge on any atom is 0.0928 e. The Kier molecular flexibility index (Phi) is 5.54. The van der Waals surface area contributed by atoms with Crippen LogP contribution in [0, 0.1) is 12.8 Å². The first-order valence-corrected chi connectivity index (χ1v) is 8.49. The third-order valence-corrected chi connectivity index (χ3v) is 4.28. The largest absolute Gasteiger partial charge is 0.312 e. The Morgan fingerprint density at radius 2 is 2.05 bits per heavy atom. The molecule has 21 heavy (non-hydrogen) atoms. The summed E-state index contributed by atoms with van der Waals surface area (Å²) in [6.45, 7) is 9.85. The molecule has 0 saturated heterocycles. The first-order valence-electron chi connectivity index (χ1n) is 7.61. The van der Waals surface area contributed by atoms with E-state index in [0.29, 0.717) is 5.92 Å². The Bertz CT molecular complexity index is 541. The lowest BCUT2D eigenvalue weighted by Crippen LogP contribution is -2.40. The first kappa shape index (κ1) is 16.2. The highest BCUT2D eigenvalue weighted by molar-refractivity contribution is 7.09. The maximum atomic E-state index is 4.45. The van der Waals surface area contributed by atoms with Crippen LogP contribution < -0.4 is 5.32 Å². The molecule has 2 aromatic rings. The molecule has 0 spiro atoms. The summed E-state index contributed by atoms with van der Waals surface area (Å²) >= 11 is 1.76. The summed E-state index contributed by atoms with van der Waals surface area (Å²) in [6, 6.07) is 8.85. The van der Waals surface area contributed by atoms with Crippen molar-refractivity contribution in [2.24, 2.45) is 5.92 Å². The van der Waals surface area contributed by atoms with Crippen molar-refractivity contribution < 1.29 is 0 Å². The van der Waals surface area contributed by atoms with E-state index >= 15 is 0 Å². The Hall–Kier alpha value is -1.19. The van der Waals surface area contributed by atoms with Crippen LogP contribution in [-0.2, 0) is 12.8 Å². The van der Waals surface area contributed by atoms with Crippen LogP contribution in [0.3, 0.4) is 0 Å². The second-order valence-corrected chi connectivity index (χ2v) is 7.80. The molecule has 3 heteroatoms. The van der Waals surface area contributed by atoms with E-state index in [-0.39, 0.29) is 5.54 Å². The second-order valence-electron chi connectivity index (χ2n) is 6.82. The van der Waals surface area contributed by atoms with Gasteiger partial charge in [0.15, 0.2) is 0 Å². The van der Waals surface area contributed by atoms with Crippen molar-refractivity contribution in [3.63, 3.8) is 0 Å². The standard InChI is InChI=1S/C18H26N2S/c1-14-6-5-7-15(10-14)11-16(13-20-18(2,3)4)12-17-19-8-9-21-17/h5-10,16,20H,11-13H2,1-4H3. The van der Waals surface area contributed by atoms with Gasteiger partial charge in [0.2, 0.25) is 0 Å². The zero-order chi connectivity index (χ0) is 15.3. The van der Waals surface area contributed by atoms with Gasteiger partial charge in [0.1, 0.15) is 0 Å². The van der Waals surface area contributed by atoms with Gasteiger partial charge < -0.3 is 5.32 Å². The minimum Gasteiger partial charge on any atom is -0.312 e. The van der Waals surface area contributed by atoms with Gasteiger partial charge in [-0.05, 0) is 52.1 Å². The van der Waals surface area contributed by atoms with Gasteiger partial charge >= 0.3 is 0 Å². The van der Waals surface area contributed by atoms with E-state index in [9.17, 15) is 0 Å². The van der Waals surface area contributed by atoms with Crippen LogP contribution in [0.2, 0.25) is 0 Å². The highest BCUT2D eigenvalue weighted by Gasteiger charge is 2.16. The molecule has 0 aliphatic rings. The van der Waals surface area contributed by atoms with E-state index in [0.717, 1.165) is 19.4 Å². The average molecular weight is 302 g/mol. The van der Waals surface area contributed by atoms with Crippen molar-refractivity contribution in [2.75, 3.05) is 6.54 Å². The molecule has 1 N–H and O–H groups in total. The van der Waals surface area contributed by atoms with Crippen molar-refractivity contribution in [1.29, 1.82) is 0 Å². The third-order valence-electron chi connectivity index (χ3n) is 3.47. The van der Waals surface area contributed by atoms with Crippen molar-refractivity contribution in [1.82, 2.24) is 10.3 Å². The molecule has 0 bridgehead atoms. The molecule has 1 aromatic heterocycles. The Morgan fingerprint density at radius 1 is 1.24 bits per heavy atom. The number of aryl methyl sites for hydroxylation is 1. The molecule has 0 aliphatic heterocycles. The highest BCUT2D eigenvalue weighted by Crippen LogP contribution is 2.17. The Morgan fingerprint density at radius 3 is 2.67 bits per heavy atom. The van der Waals surface area contributed by atoms with Gasteiger partial charge in [-0.3, -0.25) is 0 Å². The summed E-state index contributed by atoms with van der Waals surface area (Å²) in [5.41, 5.74) is 2.92. The van der Waals surface area contributed by atoms with E-state index in [1.54, 1.807) is 11.3 Å². The minimum atomic E-state index is 0.160. The molecule has 2 nitrogen and oxygen atoms in total. The van der Waals surface area contributed by atoms with Gasteiger partial charge in [0, 0.05) is 23.5 Å². The fraction of sp³-hybridized carbons (Fsp3) is 0.500. The second kappa shape index (κ2) is 7.19. The molecule has 1 heterocycles. The van der Waals surface area contributed by atoms with Gasteiger partial charge in [-0.1, -0.05) is 29.8 Å². The summed E-state index contributed by atoms with van der Waals surface area (Å²) in [7, 11) is 0. The number of thiazole rings is 1. The number of aromatic nitrogens is 1. The van der Waals surface area contributed by atoms with E-state index in [1.165, 1.54) is 16.1 Å². The molecular formula is C18H26N2S. The first-order chi connectivity index (χ1) is 9.92. The summed E-state index contributed by atoms with van der Waals surface area (Å²) in [5.74, 6) is 0.581. The Labute approximate surface area is 132 Å². The predicted octanol–water partition coefficient (Wildman–Crippen LogP) is 4.24. The average Bonchev–Trinajstić information content (AvgIpc) is 2.88. The van der Waals surface area contributed by atoms with Gasteiger partial charge in [-0.15, -0.1) is 11.3 Å². The fourth-order valence-corrected chi connectivity index (χ4v) is 3.17. The number of hydrogen-bond donors (Lipinski definition) is 1. The van der Waals surface area contributed by atoms with Crippen LogP contribution in [0.15, 0.2) is 35.8 Å². The van der Waals surface area contributed by atoms with Gasteiger partial charge in [-0.25, -0.2) is 4.98 Å². The molecule has 0 amide bonds. The summed E-state index contributed by atoms with van der Waals surface area (Å²) in [5, 5.41) is 6.95. The topological polar surface area (TPSA) is 24.9 Å². The highest BCUT2D eigenvalue weighted by atomic mass is 32.1. The third kappa shape index (κ3) is 5.98. The number of nitrogens with one attached hydrogen (secondary N) is 1. The van der Waals surface area contributed by atoms with E-state index in [1.807, 2.05) is 6.20 Å². The van der Waals surface area contributed by atoms with E-state index in [4.69, 9.17) is 0 Å². The van der Waals surface area contributed by atoms with E-state index in [2.05, 4.69) is 67.6 Å². The van der Waals surface area contributed by atoms with Gasteiger partial charge in [0.05, 0.1) is 5.01 Å². The normalized spacial score (nSPS) is 13.3. The number of rotatable bonds is 6. The van der Waals surface area contributed by atoms with Crippen LogP contribution in [0.5, 0.6) is 0 Å². The van der Waals surface area contributed by atoms with Crippen LogP contribution >= 0.6 is 11.3 Å². The monoisotopic (exact) mass is 302 g/mol. The van der Waals surface area contributed by atoms with Crippen molar-refractivity contribution in [2.45, 2.75) is 46.1 Å². The summed E-state index contributed by atoms with van der Waals surface area (Å²) < 4.78 is 0. The molecule has 114 valence electrons. The SMILES string of the molecule is Cc1cccc(CC(CNC(C)(C)C)Cc2nccs2)c1. The lowest BCUT2D eigenvalue weighted by molar-refractivity contribution is 0.367. The van der Waals surface area contributed by atoms with Crippen LogP contribution in [-0.4, -0.2) is 17.1 Å². The molecule has 0 saturated carbocycles. The van der Waals surface area contributed by atoms with Crippen molar-refractivity contribution in [3.05, 3.63) is 52.0 Å². The zero-order valence-electron chi connectivity index (χ0n) is 13.5. The quantitative estimate of drug-likeness (QED) is 0.863. The molecule has 2 rings (SSSR count). The van der Waals surface area contributed by atoms with Gasteiger partial charge in [-0.2, -0.15) is 0 Å². The number of nitrogens with zero attached hydrogens (tertiary/aromatic N) is 1. The van der Waals surface area contributed by atoms with Crippen LogP contribution in [0.1, 0.15) is 36.9 Å². The molecule has 0 radical (unpaired) electrons. The summed E-state index contributed by atoms with van der Waals surface area (Å²) in [6.07, 6.45) is 4.06. The Balaban J connectivity index is 2.03. The van der Waals surface area contributed by atoms with Crippen molar-refractivity contribution >= 4 is 11.3 Å². The molecule has 1 atom stereocenters. The zero-order valence-corrected chi connectivity index (χ0v) is 14.3. The number of benzene rings is 1. The van der Waals surface area contributed by atoms with Crippen LogP contribution in [0.25, 0.3) is 0 Å². The molecule has 0 aliphatic carbocycles. The predicted molar refractivity (Wildman–Crippen MR) is 91.9 cm³/mol. The molecule has 1 aromatic carbocycles. The minimum absolute atomic E-state index is 0.160. The molecular weight excluding hydrogens is 276 g/mol.